The molecule has 0 saturated carbocycles. The molecule has 1 N–H and O–H groups in total. The Labute approximate surface area is 114 Å². The molecule has 0 amide bonds. The Morgan fingerprint density at radius 3 is 2.53 bits per heavy atom. The Hall–Kier alpha value is -1.55. The predicted molar refractivity (Wildman–Crippen MR) is 73.7 cm³/mol. The number of likely N-dealkylation sites (tertiary alicyclic amines) is 1. The predicted octanol–water partition coefficient (Wildman–Crippen LogP) is 2.77. The van der Waals surface area contributed by atoms with Crippen LogP contribution in [0.3, 0.4) is 0 Å². The summed E-state index contributed by atoms with van der Waals surface area (Å²) in [4.78, 5) is 13.6. The highest BCUT2D eigenvalue weighted by Crippen LogP contribution is 2.21. The smallest absolute Gasteiger partial charge is 0.339 e. The summed E-state index contributed by atoms with van der Waals surface area (Å²) in [5.74, 6) is -0.512. The van der Waals surface area contributed by atoms with Crippen molar-refractivity contribution in [2.45, 2.75) is 32.2 Å². The molecule has 1 aliphatic rings. The van der Waals surface area contributed by atoms with E-state index in [1.165, 1.54) is 32.8 Å². The van der Waals surface area contributed by atoms with Crippen LogP contribution in [0.1, 0.15) is 41.6 Å². The molecule has 2 rings (SSSR count). The first-order chi connectivity index (χ1) is 9.20. The summed E-state index contributed by atoms with van der Waals surface area (Å²) in [6.07, 6.45) is 5.09. The largest absolute Gasteiger partial charge is 0.496 e. The van der Waals surface area contributed by atoms with Gasteiger partial charge in [-0.3, -0.25) is 4.90 Å². The SMILES string of the molecule is COc1ccc(CN2CCCCCC2)cc1C(=O)O. The van der Waals surface area contributed by atoms with Crippen LogP contribution in [0, 0.1) is 0 Å². The number of nitrogens with zero attached hydrogens (tertiary/aromatic N) is 1. The van der Waals surface area contributed by atoms with E-state index in [0.29, 0.717) is 5.75 Å². The number of carboxylic acids is 1. The van der Waals surface area contributed by atoms with Crippen molar-refractivity contribution in [1.82, 2.24) is 4.90 Å². The van der Waals surface area contributed by atoms with Gasteiger partial charge in [0.1, 0.15) is 11.3 Å². The fourth-order valence-electron chi connectivity index (χ4n) is 2.57. The van der Waals surface area contributed by atoms with E-state index in [0.717, 1.165) is 25.2 Å². The molecule has 0 bridgehead atoms. The second kappa shape index (κ2) is 6.57. The van der Waals surface area contributed by atoms with E-state index in [2.05, 4.69) is 4.90 Å². The van der Waals surface area contributed by atoms with Crippen molar-refractivity contribution < 1.29 is 14.6 Å². The summed E-state index contributed by atoms with van der Waals surface area (Å²) in [5, 5.41) is 9.18. The number of aromatic carboxylic acids is 1. The van der Waals surface area contributed by atoms with Gasteiger partial charge in [0, 0.05) is 6.54 Å². The second-order valence-electron chi connectivity index (χ2n) is 5.03. The molecule has 0 radical (unpaired) electrons. The molecule has 0 aromatic heterocycles. The van der Waals surface area contributed by atoms with Crippen LogP contribution >= 0.6 is 0 Å². The molecule has 19 heavy (non-hydrogen) atoms. The summed E-state index contributed by atoms with van der Waals surface area (Å²) < 4.78 is 5.08. The van der Waals surface area contributed by atoms with Crippen LogP contribution < -0.4 is 4.74 Å². The minimum Gasteiger partial charge on any atom is -0.496 e. The normalized spacial score (nSPS) is 16.9. The maximum absolute atomic E-state index is 11.2. The van der Waals surface area contributed by atoms with E-state index < -0.39 is 5.97 Å². The Kier molecular flexibility index (Phi) is 4.80. The average molecular weight is 263 g/mol. The van der Waals surface area contributed by atoms with Gasteiger partial charge in [-0.25, -0.2) is 4.79 Å². The number of hydrogen-bond acceptors (Lipinski definition) is 3. The van der Waals surface area contributed by atoms with Crippen LogP contribution in [0.5, 0.6) is 5.75 Å². The highest BCUT2D eigenvalue weighted by molar-refractivity contribution is 5.91. The highest BCUT2D eigenvalue weighted by atomic mass is 16.5. The molecule has 0 spiro atoms. The van der Waals surface area contributed by atoms with Crippen LogP contribution in [0.25, 0.3) is 0 Å². The Morgan fingerprint density at radius 2 is 1.95 bits per heavy atom. The quantitative estimate of drug-likeness (QED) is 0.907. The molecule has 0 unspecified atom stereocenters. The van der Waals surface area contributed by atoms with E-state index >= 15 is 0 Å². The lowest BCUT2D eigenvalue weighted by Gasteiger charge is -2.20. The van der Waals surface area contributed by atoms with Gasteiger partial charge in [-0.15, -0.1) is 0 Å². The molecule has 1 aromatic rings. The third kappa shape index (κ3) is 3.70. The number of carboxylic acid groups (broad SMARTS) is 1. The second-order valence-corrected chi connectivity index (χ2v) is 5.03. The molecular formula is C15H21NO3. The average Bonchev–Trinajstić information content (AvgIpc) is 2.67. The van der Waals surface area contributed by atoms with Crippen molar-refractivity contribution in [1.29, 1.82) is 0 Å². The van der Waals surface area contributed by atoms with E-state index in [1.807, 2.05) is 6.07 Å². The number of methoxy groups -OCH3 is 1. The lowest BCUT2D eigenvalue weighted by atomic mass is 10.1. The third-order valence-corrected chi connectivity index (χ3v) is 3.60. The van der Waals surface area contributed by atoms with Crippen molar-refractivity contribution in [3.8, 4) is 5.75 Å². The summed E-state index contributed by atoms with van der Waals surface area (Å²) in [5.41, 5.74) is 1.29. The van der Waals surface area contributed by atoms with Crippen molar-refractivity contribution >= 4 is 5.97 Å². The molecule has 1 aliphatic heterocycles. The Bertz CT molecular complexity index is 437. The minimum atomic E-state index is -0.936. The first-order valence-electron chi connectivity index (χ1n) is 6.83. The van der Waals surface area contributed by atoms with Crippen LogP contribution in [-0.4, -0.2) is 36.2 Å². The fourth-order valence-corrected chi connectivity index (χ4v) is 2.57. The standard InChI is InChI=1S/C15H21NO3/c1-19-14-7-6-12(10-13(14)15(17)18)11-16-8-4-2-3-5-9-16/h6-7,10H,2-5,8-9,11H2,1H3,(H,17,18). The highest BCUT2D eigenvalue weighted by Gasteiger charge is 2.14. The fraction of sp³-hybridized carbons (Fsp3) is 0.533. The van der Waals surface area contributed by atoms with Gasteiger partial charge in [0.25, 0.3) is 0 Å². The Balaban J connectivity index is 2.11. The van der Waals surface area contributed by atoms with E-state index in [9.17, 15) is 9.90 Å². The van der Waals surface area contributed by atoms with Crippen molar-refractivity contribution in [2.75, 3.05) is 20.2 Å². The molecule has 1 aromatic carbocycles. The van der Waals surface area contributed by atoms with Gasteiger partial charge in [-0.2, -0.15) is 0 Å². The zero-order chi connectivity index (χ0) is 13.7. The zero-order valence-corrected chi connectivity index (χ0v) is 11.4. The number of ether oxygens (including phenoxy) is 1. The number of carbonyl (C=O) groups is 1. The molecule has 4 nitrogen and oxygen atoms in total. The van der Waals surface area contributed by atoms with Crippen LogP contribution in [0.2, 0.25) is 0 Å². The molecular weight excluding hydrogens is 242 g/mol. The number of rotatable bonds is 4. The molecule has 1 heterocycles. The molecule has 0 atom stereocenters. The summed E-state index contributed by atoms with van der Waals surface area (Å²) >= 11 is 0. The van der Waals surface area contributed by atoms with Crippen molar-refractivity contribution in [2.24, 2.45) is 0 Å². The topological polar surface area (TPSA) is 49.8 Å². The minimum absolute atomic E-state index is 0.245. The van der Waals surface area contributed by atoms with Gasteiger partial charge in [-0.1, -0.05) is 18.9 Å². The molecule has 1 fully saturated rings. The zero-order valence-electron chi connectivity index (χ0n) is 11.4. The van der Waals surface area contributed by atoms with Gasteiger partial charge >= 0.3 is 5.97 Å². The molecule has 104 valence electrons. The lowest BCUT2D eigenvalue weighted by Crippen LogP contribution is -2.24. The van der Waals surface area contributed by atoms with Crippen LogP contribution in [-0.2, 0) is 6.54 Å². The maximum Gasteiger partial charge on any atom is 0.339 e. The monoisotopic (exact) mass is 263 g/mol. The third-order valence-electron chi connectivity index (χ3n) is 3.60. The van der Waals surface area contributed by atoms with Crippen molar-refractivity contribution in [3.05, 3.63) is 29.3 Å². The van der Waals surface area contributed by atoms with Crippen LogP contribution in [0.15, 0.2) is 18.2 Å². The van der Waals surface area contributed by atoms with Crippen LogP contribution in [0.4, 0.5) is 0 Å². The molecule has 4 heteroatoms. The molecule has 1 saturated heterocycles. The van der Waals surface area contributed by atoms with Gasteiger partial charge in [0.2, 0.25) is 0 Å². The number of benzene rings is 1. The van der Waals surface area contributed by atoms with Gasteiger partial charge in [-0.05, 0) is 43.6 Å². The summed E-state index contributed by atoms with van der Waals surface area (Å²) in [6.45, 7) is 3.03. The van der Waals surface area contributed by atoms with Gasteiger partial charge in [0.05, 0.1) is 7.11 Å². The van der Waals surface area contributed by atoms with Gasteiger partial charge in [0.15, 0.2) is 0 Å². The van der Waals surface area contributed by atoms with Crippen molar-refractivity contribution in [3.63, 3.8) is 0 Å². The molecule has 0 aliphatic carbocycles. The first kappa shape index (κ1) is 13.9. The van der Waals surface area contributed by atoms with E-state index in [-0.39, 0.29) is 5.56 Å². The lowest BCUT2D eigenvalue weighted by molar-refractivity contribution is 0.0693. The first-order valence-corrected chi connectivity index (χ1v) is 6.83. The Morgan fingerprint density at radius 1 is 1.26 bits per heavy atom. The van der Waals surface area contributed by atoms with Gasteiger partial charge < -0.3 is 9.84 Å². The van der Waals surface area contributed by atoms with E-state index in [4.69, 9.17) is 4.74 Å². The summed E-state index contributed by atoms with van der Waals surface area (Å²) in [7, 11) is 1.50. The van der Waals surface area contributed by atoms with E-state index in [1.54, 1.807) is 12.1 Å². The summed E-state index contributed by atoms with van der Waals surface area (Å²) in [6, 6.07) is 5.43. The number of hydrogen-bond donors (Lipinski definition) is 1. The maximum atomic E-state index is 11.2.